The van der Waals surface area contributed by atoms with E-state index >= 15 is 0 Å². The lowest BCUT2D eigenvalue weighted by Crippen LogP contribution is -2.02. The van der Waals surface area contributed by atoms with Crippen molar-refractivity contribution in [2.45, 2.75) is 6.92 Å². The highest BCUT2D eigenvalue weighted by Gasteiger charge is 2.06. The van der Waals surface area contributed by atoms with Crippen molar-refractivity contribution in [3.05, 3.63) is 78.5 Å². The number of pyridine rings is 1. The van der Waals surface area contributed by atoms with Crippen molar-refractivity contribution in [2.24, 2.45) is 0 Å². The molecule has 132 valence electrons. The zero-order chi connectivity index (χ0) is 18.6. The second-order valence-corrected chi connectivity index (χ2v) is 5.92. The molecule has 0 unspecified atom stereocenters. The van der Waals surface area contributed by atoms with Crippen LogP contribution in [0.25, 0.3) is 28.7 Å². The number of para-hydroxylation sites is 1. The molecule has 2 heterocycles. The van der Waals surface area contributed by atoms with Gasteiger partial charge in [0.15, 0.2) is 5.75 Å². The van der Waals surface area contributed by atoms with Crippen LogP contribution in [0.1, 0.15) is 18.2 Å². The number of ether oxygens (including phenoxy) is 1. The SMILES string of the molecule is CC(=O)Oc1cccc2ccc(/C=C/c3ccc(-n4cncn4)cc3)nc12. The van der Waals surface area contributed by atoms with E-state index in [0.717, 1.165) is 22.3 Å². The summed E-state index contributed by atoms with van der Waals surface area (Å²) in [4.78, 5) is 19.9. The Kier molecular flexibility index (Phi) is 4.45. The van der Waals surface area contributed by atoms with Gasteiger partial charge in [-0.15, -0.1) is 0 Å². The van der Waals surface area contributed by atoms with Gasteiger partial charge in [-0.25, -0.2) is 14.6 Å². The quantitative estimate of drug-likeness (QED) is 0.409. The molecule has 0 bridgehead atoms. The van der Waals surface area contributed by atoms with Crippen LogP contribution in [-0.2, 0) is 4.79 Å². The fraction of sp³-hybridized carbons (Fsp3) is 0.0476. The Labute approximate surface area is 155 Å². The first-order valence-electron chi connectivity index (χ1n) is 8.40. The summed E-state index contributed by atoms with van der Waals surface area (Å²) < 4.78 is 6.96. The molecule has 0 N–H and O–H groups in total. The van der Waals surface area contributed by atoms with Crippen LogP contribution in [-0.4, -0.2) is 25.7 Å². The minimum absolute atomic E-state index is 0.363. The Bertz CT molecular complexity index is 1120. The monoisotopic (exact) mass is 356 g/mol. The van der Waals surface area contributed by atoms with Gasteiger partial charge < -0.3 is 4.74 Å². The maximum absolute atomic E-state index is 11.3. The third kappa shape index (κ3) is 3.74. The molecular formula is C21H16N4O2. The number of benzene rings is 2. The standard InChI is InChI=1S/C21H16N4O2/c1-15(26)27-20-4-2-3-17-8-10-18(24-21(17)20)9-5-16-6-11-19(12-7-16)25-14-22-13-23-25/h2-14H,1H3/b9-5+. The Balaban J connectivity index is 1.60. The number of rotatable bonds is 4. The number of aromatic nitrogens is 4. The van der Waals surface area contributed by atoms with Gasteiger partial charge in [0.2, 0.25) is 0 Å². The first-order chi connectivity index (χ1) is 13.2. The van der Waals surface area contributed by atoms with Crippen LogP contribution < -0.4 is 4.74 Å². The lowest BCUT2D eigenvalue weighted by molar-refractivity contribution is -0.131. The summed E-state index contributed by atoms with van der Waals surface area (Å²) in [5.74, 6) is 0.102. The van der Waals surface area contributed by atoms with Crippen molar-refractivity contribution in [1.82, 2.24) is 19.7 Å². The third-order valence-electron chi connectivity index (χ3n) is 3.98. The lowest BCUT2D eigenvalue weighted by atomic mass is 10.1. The van der Waals surface area contributed by atoms with Gasteiger partial charge in [-0.05, 0) is 35.9 Å². The summed E-state index contributed by atoms with van der Waals surface area (Å²) >= 11 is 0. The van der Waals surface area contributed by atoms with E-state index in [0.29, 0.717) is 11.3 Å². The molecule has 0 fully saturated rings. The number of fused-ring (bicyclic) bond motifs is 1. The number of carbonyl (C=O) groups excluding carboxylic acids is 1. The van der Waals surface area contributed by atoms with Gasteiger partial charge in [-0.3, -0.25) is 4.79 Å². The van der Waals surface area contributed by atoms with E-state index in [1.54, 1.807) is 17.1 Å². The Morgan fingerprint density at radius 1 is 1.04 bits per heavy atom. The molecule has 0 spiro atoms. The van der Waals surface area contributed by atoms with Crippen molar-refractivity contribution < 1.29 is 9.53 Å². The van der Waals surface area contributed by atoms with E-state index in [-0.39, 0.29) is 5.97 Å². The van der Waals surface area contributed by atoms with Gasteiger partial charge in [0.05, 0.1) is 11.4 Å². The molecule has 2 aromatic carbocycles. The molecule has 0 saturated heterocycles. The summed E-state index contributed by atoms with van der Waals surface area (Å²) in [7, 11) is 0. The van der Waals surface area contributed by atoms with Crippen LogP contribution >= 0.6 is 0 Å². The smallest absolute Gasteiger partial charge is 0.308 e. The van der Waals surface area contributed by atoms with E-state index in [4.69, 9.17) is 4.74 Å². The van der Waals surface area contributed by atoms with Gasteiger partial charge >= 0.3 is 5.97 Å². The van der Waals surface area contributed by atoms with Gasteiger partial charge in [0, 0.05) is 12.3 Å². The van der Waals surface area contributed by atoms with Crippen LogP contribution in [0.2, 0.25) is 0 Å². The molecule has 6 heteroatoms. The zero-order valence-electron chi connectivity index (χ0n) is 14.6. The van der Waals surface area contributed by atoms with Crippen LogP contribution in [0.15, 0.2) is 67.3 Å². The normalized spacial score (nSPS) is 11.1. The van der Waals surface area contributed by atoms with E-state index in [1.165, 1.54) is 13.3 Å². The van der Waals surface area contributed by atoms with Crippen molar-refractivity contribution >= 4 is 29.0 Å². The van der Waals surface area contributed by atoms with Crippen LogP contribution in [0.3, 0.4) is 0 Å². The summed E-state index contributed by atoms with van der Waals surface area (Å²) in [6.07, 6.45) is 7.07. The minimum Gasteiger partial charge on any atom is -0.424 e. The summed E-state index contributed by atoms with van der Waals surface area (Å²) in [5.41, 5.74) is 3.42. The highest BCUT2D eigenvalue weighted by atomic mass is 16.5. The molecular weight excluding hydrogens is 340 g/mol. The van der Waals surface area contributed by atoms with Gasteiger partial charge in [0.25, 0.3) is 0 Å². The fourth-order valence-electron chi connectivity index (χ4n) is 2.73. The summed E-state index contributed by atoms with van der Waals surface area (Å²) in [6.45, 7) is 1.38. The number of nitrogens with zero attached hydrogens (tertiary/aromatic N) is 4. The Hall–Kier alpha value is -3.80. The van der Waals surface area contributed by atoms with Gasteiger partial charge in [0.1, 0.15) is 18.2 Å². The van der Waals surface area contributed by atoms with Crippen molar-refractivity contribution in [3.63, 3.8) is 0 Å². The average Bonchev–Trinajstić information content (AvgIpc) is 3.21. The first-order valence-corrected chi connectivity index (χ1v) is 8.40. The molecule has 4 aromatic rings. The third-order valence-corrected chi connectivity index (χ3v) is 3.98. The molecule has 0 aliphatic carbocycles. The van der Waals surface area contributed by atoms with E-state index < -0.39 is 0 Å². The number of esters is 1. The first kappa shape index (κ1) is 16.7. The number of hydrogen-bond acceptors (Lipinski definition) is 5. The Morgan fingerprint density at radius 3 is 2.63 bits per heavy atom. The second kappa shape index (κ2) is 7.21. The molecule has 4 rings (SSSR count). The van der Waals surface area contributed by atoms with Crippen LogP contribution in [0.5, 0.6) is 5.75 Å². The molecule has 27 heavy (non-hydrogen) atoms. The molecule has 2 aromatic heterocycles. The van der Waals surface area contributed by atoms with Crippen molar-refractivity contribution in [1.29, 1.82) is 0 Å². The second-order valence-electron chi connectivity index (χ2n) is 5.92. The van der Waals surface area contributed by atoms with E-state index in [2.05, 4.69) is 15.1 Å². The topological polar surface area (TPSA) is 69.9 Å². The highest BCUT2D eigenvalue weighted by Crippen LogP contribution is 2.24. The highest BCUT2D eigenvalue weighted by molar-refractivity contribution is 5.88. The molecule has 0 aliphatic rings. The van der Waals surface area contributed by atoms with Crippen molar-refractivity contribution in [2.75, 3.05) is 0 Å². The molecule has 0 saturated carbocycles. The Morgan fingerprint density at radius 2 is 1.89 bits per heavy atom. The van der Waals surface area contributed by atoms with Crippen LogP contribution in [0, 0.1) is 0 Å². The summed E-state index contributed by atoms with van der Waals surface area (Å²) in [6, 6.07) is 17.4. The molecule has 6 nitrogen and oxygen atoms in total. The van der Waals surface area contributed by atoms with E-state index in [9.17, 15) is 4.79 Å². The molecule has 0 amide bonds. The van der Waals surface area contributed by atoms with E-state index in [1.807, 2.05) is 60.7 Å². The number of hydrogen-bond donors (Lipinski definition) is 0. The fourth-order valence-corrected chi connectivity index (χ4v) is 2.73. The van der Waals surface area contributed by atoms with Gasteiger partial charge in [-0.1, -0.05) is 36.4 Å². The predicted octanol–water partition coefficient (Wildman–Crippen LogP) is 3.91. The lowest BCUT2D eigenvalue weighted by Gasteiger charge is -2.06. The van der Waals surface area contributed by atoms with Crippen molar-refractivity contribution in [3.8, 4) is 11.4 Å². The molecule has 0 radical (unpaired) electrons. The predicted molar refractivity (Wildman–Crippen MR) is 103 cm³/mol. The molecule has 0 aliphatic heterocycles. The molecule has 0 atom stereocenters. The maximum Gasteiger partial charge on any atom is 0.308 e. The van der Waals surface area contributed by atoms with Gasteiger partial charge in [-0.2, -0.15) is 5.10 Å². The van der Waals surface area contributed by atoms with Crippen LogP contribution in [0.4, 0.5) is 0 Å². The zero-order valence-corrected chi connectivity index (χ0v) is 14.6. The summed E-state index contributed by atoms with van der Waals surface area (Å²) in [5, 5.41) is 5.03. The average molecular weight is 356 g/mol. The number of carbonyl (C=O) groups is 1. The largest absolute Gasteiger partial charge is 0.424 e. The minimum atomic E-state index is -0.363. The maximum atomic E-state index is 11.3.